The normalized spacial score (nSPS) is 10.7. The first-order valence-electron chi connectivity index (χ1n) is 43.5. The van der Waals surface area contributed by atoms with Gasteiger partial charge in [-0.25, -0.2) is 79.0 Å². The molecule has 6 nitrogen and oxygen atoms in total. The smallest absolute Gasteiger partial charge is 0.493 e. The SMILES string of the molecule is COc1c(C)ccc(C)c1F.Cc1ccc(C)c(C(F)(F)F)c1F.Cc1ccc(C)c(C(F)(F)F)c1F.Cc1ccc(C)c(C(F)F)c1F.Cc1ccc(C)c(C(F)F)c1F.Cc1ccc(C)c(CF)c1F.Cc1ccc(C)c(F)c1C.Cc1ccc(C)c(OC(F)(F)F)c1F.Cc1ccc(C)c(OC(F)(F)F)c1F.Cc1ccc(C)c(OC(F)F)c1F.Cc1ccc(C)c(OC(F)F)c1F.Cc1ccc(C)c(OCF)c1F.F.F. The third-order valence-electron chi connectivity index (χ3n) is 21.1. The zero-order chi connectivity index (χ0) is 115. The van der Waals surface area contributed by atoms with E-state index in [0.717, 1.165) is 22.3 Å². The van der Waals surface area contributed by atoms with Crippen molar-refractivity contribution in [2.24, 2.45) is 0 Å². The topological polar surface area (TPSA) is 55.4 Å². The van der Waals surface area contributed by atoms with Gasteiger partial charge in [0.05, 0.1) is 29.4 Å². The van der Waals surface area contributed by atoms with Crippen molar-refractivity contribution >= 4 is 0 Å². The molecule has 0 unspecified atom stereocenters. The van der Waals surface area contributed by atoms with E-state index in [-0.39, 0.29) is 99.5 Å². The van der Waals surface area contributed by atoms with E-state index in [1.807, 2.05) is 26.0 Å². The highest BCUT2D eigenvalue weighted by Crippen LogP contribution is 2.40. The van der Waals surface area contributed by atoms with Gasteiger partial charge in [0.2, 0.25) is 6.86 Å². The molecular weight excluding hydrogens is 2080 g/mol. The first-order valence-corrected chi connectivity index (χ1v) is 43.5. The molecule has 0 aliphatic carbocycles. The number of ether oxygens (including phenoxy) is 6. The first-order chi connectivity index (χ1) is 68.0. The summed E-state index contributed by atoms with van der Waals surface area (Å²) in [5.74, 6) is -10.4. The number of hydrogen-bond acceptors (Lipinski definition) is 6. The lowest BCUT2D eigenvalue weighted by molar-refractivity contribution is -0.276. The maximum Gasteiger partial charge on any atom is 0.573 e. The highest BCUT2D eigenvalue weighted by atomic mass is 19.4. The Hall–Kier alpha value is -13.1. The van der Waals surface area contributed by atoms with E-state index >= 15 is 0 Å². The van der Waals surface area contributed by atoms with Crippen molar-refractivity contribution in [3.05, 3.63) is 382 Å². The number of rotatable bonds is 12. The second kappa shape index (κ2) is 62.5. The Balaban J connectivity index is 0. The lowest BCUT2D eigenvalue weighted by atomic mass is 10.0. The molecule has 12 aromatic rings. The summed E-state index contributed by atoms with van der Waals surface area (Å²) in [4.78, 5) is 0. The molecule has 0 N–H and O–H groups in total. The van der Waals surface area contributed by atoms with E-state index in [1.54, 1.807) is 84.9 Å². The van der Waals surface area contributed by atoms with Crippen LogP contribution >= 0.6 is 0 Å². The summed E-state index contributed by atoms with van der Waals surface area (Å²) >= 11 is 0. The Bertz CT molecular complexity index is 5980. The van der Waals surface area contributed by atoms with Crippen molar-refractivity contribution in [2.45, 2.75) is 231 Å². The molecule has 0 fully saturated rings. The molecule has 150 heavy (non-hydrogen) atoms. The maximum atomic E-state index is 13.2. The van der Waals surface area contributed by atoms with Crippen molar-refractivity contribution in [1.29, 1.82) is 0 Å². The maximum absolute atomic E-state index is 13.2. The largest absolute Gasteiger partial charge is 0.573 e. The van der Waals surface area contributed by atoms with Crippen LogP contribution in [0.4, 0.5) is 159 Å². The van der Waals surface area contributed by atoms with Gasteiger partial charge in [0.15, 0.2) is 69.4 Å². The van der Waals surface area contributed by atoms with Crippen molar-refractivity contribution < 1.29 is 187 Å². The summed E-state index contributed by atoms with van der Waals surface area (Å²) in [5, 5.41) is 0. The van der Waals surface area contributed by atoms with E-state index in [1.165, 1.54) is 215 Å². The second-order valence-corrected chi connectivity index (χ2v) is 32.9. The average Bonchev–Trinajstić information content (AvgIpc) is 0.803. The van der Waals surface area contributed by atoms with Crippen molar-refractivity contribution in [2.75, 3.05) is 14.0 Å². The third-order valence-corrected chi connectivity index (χ3v) is 21.1. The minimum atomic E-state index is -4.86. The Labute approximate surface area is 845 Å². The number of alkyl halides is 22. The molecule has 0 saturated heterocycles. The number of hydrogen-bond donors (Lipinski definition) is 0. The van der Waals surface area contributed by atoms with Gasteiger partial charge in [-0.05, 0) is 312 Å². The summed E-state index contributed by atoms with van der Waals surface area (Å²) in [6, 6.07) is 36.9. The summed E-state index contributed by atoms with van der Waals surface area (Å²) < 4.78 is 446. The Morgan fingerprint density at radius 2 is 0.420 bits per heavy atom. The standard InChI is InChI=1S/2C9H8F4O.2C9H8F4.2C9H9F3O.2C9H9F3.C9H10F2O.C9H10F2.C9H11FO.C9H11F.2FH/c2*1-5-3-4-6(2)8(7(5)10)14-9(11,12)13;2*1-5-3-4-6(2)8(10)7(5)9(11,12)13;2*1-5-3-4-6(2)8(7(5)10)13-9(11)12;2*1-5-3-4-6(2)8(10)7(5)9(11)12;1-6-3-4-7(2)9(8(6)11)12-5-10;1-6-3-4-7(2)9(11)8(6)5-10;1-6-4-5-7(2)9(11-3)8(6)10;1-6-4-5-7(2)9(10)8(6)3;;/h2*3-4H,1-2H3;2*3-4H,1-2H3;2*3-4,9H,1-2H3;2*3-4,9H,1-2H3;3-4H,5H2,1-2H3;3-4H,5H2,1-2H3;4-5H,1-3H3;4-5H,1-3H3;2*1H. The van der Waals surface area contributed by atoms with Crippen LogP contribution in [0, 0.1) is 243 Å². The van der Waals surface area contributed by atoms with E-state index in [4.69, 9.17) is 4.74 Å². The lowest BCUT2D eigenvalue weighted by Crippen LogP contribution is -2.19. The van der Waals surface area contributed by atoms with Crippen molar-refractivity contribution in [1.82, 2.24) is 0 Å². The molecular formula is C108H112F36O6. The molecule has 0 saturated carbocycles. The van der Waals surface area contributed by atoms with E-state index < -0.39 is 157 Å². The van der Waals surface area contributed by atoms with Gasteiger partial charge >= 0.3 is 38.3 Å². The summed E-state index contributed by atoms with van der Waals surface area (Å²) in [5.41, 5.74) is 5.87. The van der Waals surface area contributed by atoms with Gasteiger partial charge in [-0.15, -0.1) is 26.3 Å². The van der Waals surface area contributed by atoms with Crippen LogP contribution in [0.2, 0.25) is 0 Å². The average molecular weight is 2190 g/mol. The highest BCUT2D eigenvalue weighted by molar-refractivity contribution is 5.45. The van der Waals surface area contributed by atoms with Crippen LogP contribution in [0.5, 0.6) is 34.5 Å². The van der Waals surface area contributed by atoms with Gasteiger partial charge in [0.25, 0.3) is 12.9 Å². The van der Waals surface area contributed by atoms with E-state index in [9.17, 15) is 149 Å². The molecule has 0 spiro atoms. The monoisotopic (exact) mass is 2190 g/mol. The summed E-state index contributed by atoms with van der Waals surface area (Å²) in [6.45, 7) is 30.4. The minimum Gasteiger partial charge on any atom is -0.493 e. The van der Waals surface area contributed by atoms with Crippen LogP contribution in [0.3, 0.4) is 0 Å². The van der Waals surface area contributed by atoms with Crippen LogP contribution < -0.4 is 28.4 Å². The van der Waals surface area contributed by atoms with Crippen molar-refractivity contribution in [3.8, 4) is 34.5 Å². The Kier molecular flexibility index (Phi) is 57.9. The Morgan fingerprint density at radius 3 is 0.640 bits per heavy atom. The molecule has 0 bridgehead atoms. The fourth-order valence-corrected chi connectivity index (χ4v) is 12.2. The van der Waals surface area contributed by atoms with Crippen molar-refractivity contribution in [3.63, 3.8) is 0 Å². The summed E-state index contributed by atoms with van der Waals surface area (Å²) in [7, 11) is 1.48. The van der Waals surface area contributed by atoms with E-state index in [2.05, 4.69) is 23.7 Å². The van der Waals surface area contributed by atoms with Gasteiger partial charge in [-0.1, -0.05) is 146 Å². The predicted molar refractivity (Wildman–Crippen MR) is 505 cm³/mol. The number of aryl methyl sites for hydroxylation is 24. The fourth-order valence-electron chi connectivity index (χ4n) is 12.2. The number of methoxy groups -OCH3 is 1. The molecule has 0 atom stereocenters. The van der Waals surface area contributed by atoms with E-state index in [0.29, 0.717) is 66.9 Å². The first kappa shape index (κ1) is 139. The molecule has 12 aromatic carbocycles. The van der Waals surface area contributed by atoms with Crippen LogP contribution in [0.25, 0.3) is 0 Å². The molecule has 12 rings (SSSR count). The van der Waals surface area contributed by atoms with Crippen LogP contribution in [0.1, 0.15) is 180 Å². The van der Waals surface area contributed by atoms with Crippen LogP contribution in [0.15, 0.2) is 146 Å². The molecule has 42 heteroatoms. The molecule has 0 aromatic heterocycles. The minimum absolute atomic E-state index is 0. The molecule has 0 radical (unpaired) electrons. The molecule has 0 aliphatic heterocycles. The van der Waals surface area contributed by atoms with Gasteiger partial charge in [0, 0.05) is 5.56 Å². The number of benzene rings is 12. The molecule has 0 heterocycles. The number of halogens is 36. The van der Waals surface area contributed by atoms with Gasteiger partial charge in [0.1, 0.15) is 41.6 Å². The zero-order valence-electron chi connectivity index (χ0n) is 85.7. The van der Waals surface area contributed by atoms with Gasteiger partial charge < -0.3 is 28.4 Å². The summed E-state index contributed by atoms with van der Waals surface area (Å²) in [6.07, 6.45) is -24.4. The predicted octanol–water partition coefficient (Wildman–Crippen LogP) is 37.6. The van der Waals surface area contributed by atoms with Gasteiger partial charge in [-0.2, -0.15) is 43.9 Å². The zero-order valence-corrected chi connectivity index (χ0v) is 85.7. The highest BCUT2D eigenvalue weighted by Gasteiger charge is 2.39. The lowest BCUT2D eigenvalue weighted by Gasteiger charge is -2.12. The fraction of sp³-hybridized carbons (Fsp3) is 0.333. The Morgan fingerprint density at radius 1 is 0.220 bits per heavy atom. The van der Waals surface area contributed by atoms with Gasteiger partial charge in [-0.3, -0.25) is 9.41 Å². The third kappa shape index (κ3) is 43.5. The molecule has 832 valence electrons. The second-order valence-electron chi connectivity index (χ2n) is 32.9. The molecule has 0 aliphatic rings. The quantitative estimate of drug-likeness (QED) is 0.114. The van der Waals surface area contributed by atoms with Crippen LogP contribution in [-0.4, -0.2) is 39.9 Å². The molecule has 0 amide bonds. The van der Waals surface area contributed by atoms with Crippen LogP contribution in [-0.2, 0) is 19.0 Å².